The van der Waals surface area contributed by atoms with Crippen LogP contribution in [0.3, 0.4) is 0 Å². The average Bonchev–Trinajstić information content (AvgIpc) is 2.61. The summed E-state index contributed by atoms with van der Waals surface area (Å²) in [5, 5.41) is 6.27. The van der Waals surface area contributed by atoms with Crippen LogP contribution in [0, 0.1) is 12.7 Å². The van der Waals surface area contributed by atoms with Gasteiger partial charge in [0.25, 0.3) is 5.91 Å². The van der Waals surface area contributed by atoms with Crippen LogP contribution in [0.2, 0.25) is 0 Å². The van der Waals surface area contributed by atoms with Gasteiger partial charge in [0, 0.05) is 18.2 Å². The first-order chi connectivity index (χ1) is 8.66. The summed E-state index contributed by atoms with van der Waals surface area (Å²) in [6.07, 6.45) is 3.23. The molecule has 1 aromatic carbocycles. The van der Waals surface area contributed by atoms with Crippen LogP contribution in [0.1, 0.15) is 35.2 Å². The number of nitrogens with one attached hydrogen (secondary N) is 2. The molecule has 1 aromatic rings. The van der Waals surface area contributed by atoms with E-state index in [2.05, 4.69) is 10.6 Å². The van der Waals surface area contributed by atoms with E-state index in [1.807, 2.05) is 6.92 Å². The van der Waals surface area contributed by atoms with Crippen LogP contribution in [0.15, 0.2) is 18.2 Å². The molecule has 0 aromatic heterocycles. The molecule has 4 heteroatoms. The lowest BCUT2D eigenvalue weighted by Crippen LogP contribution is -2.41. The molecule has 1 saturated heterocycles. The van der Waals surface area contributed by atoms with Gasteiger partial charge in [-0.2, -0.15) is 0 Å². The first kappa shape index (κ1) is 13.0. The molecule has 3 nitrogen and oxygen atoms in total. The molecule has 1 fully saturated rings. The SMILES string of the molecule is Cc1ccc(F)cc1C(=O)NC1CCCCNC1. The Morgan fingerprint density at radius 1 is 1.44 bits per heavy atom. The highest BCUT2D eigenvalue weighted by atomic mass is 19.1. The summed E-state index contributed by atoms with van der Waals surface area (Å²) >= 11 is 0. The standard InChI is InChI=1S/C14H19FN2O/c1-10-5-6-11(15)8-13(10)14(18)17-12-4-2-3-7-16-9-12/h5-6,8,12,16H,2-4,7,9H2,1H3,(H,17,18). The minimum atomic E-state index is -0.371. The maximum Gasteiger partial charge on any atom is 0.251 e. The Labute approximate surface area is 107 Å². The van der Waals surface area contributed by atoms with Crippen molar-refractivity contribution in [2.75, 3.05) is 13.1 Å². The van der Waals surface area contributed by atoms with Gasteiger partial charge >= 0.3 is 0 Å². The molecule has 0 spiro atoms. The molecular formula is C14H19FN2O. The molecular weight excluding hydrogens is 231 g/mol. The van der Waals surface area contributed by atoms with Crippen LogP contribution in [-0.2, 0) is 0 Å². The Morgan fingerprint density at radius 3 is 3.11 bits per heavy atom. The van der Waals surface area contributed by atoms with Gasteiger partial charge in [-0.05, 0) is 44.0 Å². The quantitative estimate of drug-likeness (QED) is 0.843. The Balaban J connectivity index is 2.04. The number of hydrogen-bond acceptors (Lipinski definition) is 2. The molecule has 1 atom stereocenters. The molecule has 1 aliphatic heterocycles. The molecule has 1 heterocycles. The van der Waals surface area contributed by atoms with E-state index in [4.69, 9.17) is 0 Å². The predicted molar refractivity (Wildman–Crippen MR) is 69.1 cm³/mol. The Kier molecular flexibility index (Phi) is 4.31. The van der Waals surface area contributed by atoms with Crippen molar-refractivity contribution in [3.05, 3.63) is 35.1 Å². The number of aryl methyl sites for hydroxylation is 1. The van der Waals surface area contributed by atoms with Gasteiger partial charge < -0.3 is 10.6 Å². The summed E-state index contributed by atoms with van der Waals surface area (Å²) in [6, 6.07) is 4.45. The lowest BCUT2D eigenvalue weighted by atomic mass is 10.1. The molecule has 0 aliphatic carbocycles. The van der Waals surface area contributed by atoms with E-state index in [0.717, 1.165) is 37.9 Å². The molecule has 18 heavy (non-hydrogen) atoms. The molecule has 1 aliphatic rings. The summed E-state index contributed by atoms with van der Waals surface area (Å²) in [5.74, 6) is -0.551. The molecule has 0 bridgehead atoms. The van der Waals surface area contributed by atoms with Gasteiger partial charge in [0.05, 0.1) is 0 Å². The van der Waals surface area contributed by atoms with Crippen molar-refractivity contribution in [2.45, 2.75) is 32.2 Å². The molecule has 1 amide bonds. The first-order valence-corrected chi connectivity index (χ1v) is 6.44. The number of hydrogen-bond donors (Lipinski definition) is 2. The number of carbonyl (C=O) groups is 1. The Morgan fingerprint density at radius 2 is 2.28 bits per heavy atom. The third-order valence-corrected chi connectivity index (χ3v) is 3.33. The summed E-state index contributed by atoms with van der Waals surface area (Å²) in [5.41, 5.74) is 1.23. The number of carbonyl (C=O) groups excluding carboxylic acids is 1. The van der Waals surface area contributed by atoms with Crippen molar-refractivity contribution < 1.29 is 9.18 Å². The maximum absolute atomic E-state index is 13.2. The highest BCUT2D eigenvalue weighted by Gasteiger charge is 2.17. The van der Waals surface area contributed by atoms with Crippen molar-refractivity contribution in [1.29, 1.82) is 0 Å². The van der Waals surface area contributed by atoms with Crippen LogP contribution in [0.25, 0.3) is 0 Å². The third-order valence-electron chi connectivity index (χ3n) is 3.33. The lowest BCUT2D eigenvalue weighted by molar-refractivity contribution is 0.0934. The zero-order chi connectivity index (χ0) is 13.0. The highest BCUT2D eigenvalue weighted by molar-refractivity contribution is 5.95. The van der Waals surface area contributed by atoms with Gasteiger partial charge in [0.1, 0.15) is 5.82 Å². The number of rotatable bonds is 2. The van der Waals surface area contributed by atoms with Crippen LogP contribution in [0.4, 0.5) is 4.39 Å². The van der Waals surface area contributed by atoms with E-state index >= 15 is 0 Å². The maximum atomic E-state index is 13.2. The lowest BCUT2D eigenvalue weighted by Gasteiger charge is -2.17. The number of benzene rings is 1. The van der Waals surface area contributed by atoms with Gasteiger partial charge in [0.2, 0.25) is 0 Å². The van der Waals surface area contributed by atoms with Crippen molar-refractivity contribution >= 4 is 5.91 Å². The average molecular weight is 250 g/mol. The van der Waals surface area contributed by atoms with Crippen LogP contribution in [-0.4, -0.2) is 25.0 Å². The van der Waals surface area contributed by atoms with E-state index in [9.17, 15) is 9.18 Å². The molecule has 0 radical (unpaired) electrons. The molecule has 1 unspecified atom stereocenters. The van der Waals surface area contributed by atoms with Crippen molar-refractivity contribution in [3.8, 4) is 0 Å². The van der Waals surface area contributed by atoms with Crippen molar-refractivity contribution in [2.24, 2.45) is 0 Å². The van der Waals surface area contributed by atoms with E-state index in [-0.39, 0.29) is 17.8 Å². The van der Waals surface area contributed by atoms with E-state index < -0.39 is 0 Å². The third kappa shape index (κ3) is 3.29. The number of amides is 1. The normalized spacial score (nSPS) is 20.2. The predicted octanol–water partition coefficient (Wildman–Crippen LogP) is 2.01. The number of halogens is 1. The van der Waals surface area contributed by atoms with Crippen molar-refractivity contribution in [1.82, 2.24) is 10.6 Å². The van der Waals surface area contributed by atoms with E-state index in [0.29, 0.717) is 5.56 Å². The zero-order valence-corrected chi connectivity index (χ0v) is 10.6. The topological polar surface area (TPSA) is 41.1 Å². The molecule has 98 valence electrons. The van der Waals surface area contributed by atoms with Gasteiger partial charge in [-0.25, -0.2) is 4.39 Å². The second-order valence-electron chi connectivity index (χ2n) is 4.83. The van der Waals surface area contributed by atoms with Gasteiger partial charge in [-0.3, -0.25) is 4.79 Å². The largest absolute Gasteiger partial charge is 0.348 e. The van der Waals surface area contributed by atoms with Crippen LogP contribution >= 0.6 is 0 Å². The summed E-state index contributed by atoms with van der Waals surface area (Å²) in [7, 11) is 0. The summed E-state index contributed by atoms with van der Waals surface area (Å²) < 4.78 is 13.2. The fraction of sp³-hybridized carbons (Fsp3) is 0.500. The monoisotopic (exact) mass is 250 g/mol. The molecule has 2 N–H and O–H groups in total. The second kappa shape index (κ2) is 5.96. The molecule has 0 saturated carbocycles. The van der Waals surface area contributed by atoms with Crippen LogP contribution in [0.5, 0.6) is 0 Å². The fourth-order valence-corrected chi connectivity index (χ4v) is 2.24. The minimum Gasteiger partial charge on any atom is -0.348 e. The summed E-state index contributed by atoms with van der Waals surface area (Å²) in [6.45, 7) is 3.62. The second-order valence-corrected chi connectivity index (χ2v) is 4.83. The van der Waals surface area contributed by atoms with Gasteiger partial charge in [0.15, 0.2) is 0 Å². The first-order valence-electron chi connectivity index (χ1n) is 6.44. The van der Waals surface area contributed by atoms with Crippen LogP contribution < -0.4 is 10.6 Å². The van der Waals surface area contributed by atoms with Gasteiger partial charge in [-0.1, -0.05) is 12.5 Å². The Hall–Kier alpha value is -1.42. The van der Waals surface area contributed by atoms with Crippen molar-refractivity contribution in [3.63, 3.8) is 0 Å². The highest BCUT2D eigenvalue weighted by Crippen LogP contribution is 2.11. The summed E-state index contributed by atoms with van der Waals surface area (Å²) in [4.78, 5) is 12.1. The Bertz CT molecular complexity index is 426. The van der Waals surface area contributed by atoms with E-state index in [1.165, 1.54) is 12.1 Å². The molecule has 2 rings (SSSR count). The minimum absolute atomic E-state index is 0.141. The fourth-order valence-electron chi connectivity index (χ4n) is 2.24. The van der Waals surface area contributed by atoms with Gasteiger partial charge in [-0.15, -0.1) is 0 Å². The zero-order valence-electron chi connectivity index (χ0n) is 10.6. The smallest absolute Gasteiger partial charge is 0.251 e. The van der Waals surface area contributed by atoms with E-state index in [1.54, 1.807) is 6.07 Å².